The number of carbonyl (C=O) groups is 2. The van der Waals surface area contributed by atoms with Gasteiger partial charge in [-0.1, -0.05) is 18.2 Å². The fourth-order valence-corrected chi connectivity index (χ4v) is 3.70. The van der Waals surface area contributed by atoms with Gasteiger partial charge < -0.3 is 24.7 Å². The second kappa shape index (κ2) is 10.1. The summed E-state index contributed by atoms with van der Waals surface area (Å²) in [5.41, 5.74) is 0.504. The molecule has 0 unspecified atom stereocenters. The van der Waals surface area contributed by atoms with Gasteiger partial charge in [-0.05, 0) is 49.7 Å². The van der Waals surface area contributed by atoms with Gasteiger partial charge in [0, 0.05) is 36.1 Å². The van der Waals surface area contributed by atoms with Gasteiger partial charge in [-0.3, -0.25) is 4.79 Å². The van der Waals surface area contributed by atoms with Crippen LogP contribution in [0.5, 0.6) is 0 Å². The lowest BCUT2D eigenvalue weighted by molar-refractivity contribution is -0.153. The largest absolute Gasteiger partial charge is 0.452 e. The van der Waals surface area contributed by atoms with Crippen LogP contribution in [0.1, 0.15) is 29.6 Å². The molecule has 2 N–H and O–H groups in total. The van der Waals surface area contributed by atoms with Gasteiger partial charge in [0.05, 0.1) is 6.61 Å². The van der Waals surface area contributed by atoms with E-state index in [-0.39, 0.29) is 23.7 Å². The van der Waals surface area contributed by atoms with Crippen molar-refractivity contribution in [3.8, 4) is 11.5 Å². The SMILES string of the molecule is CCOC(=O)N1CC[C@H](Nc2ccc(NC(=O)c3nc(-c4ccccc4)oc3C(F)(F)F)cc2)C1. The summed E-state index contributed by atoms with van der Waals surface area (Å²) in [5, 5.41) is 5.73. The Labute approximate surface area is 199 Å². The summed E-state index contributed by atoms with van der Waals surface area (Å²) in [4.78, 5) is 29.9. The summed E-state index contributed by atoms with van der Waals surface area (Å²) in [6.45, 7) is 3.13. The molecule has 0 bridgehead atoms. The van der Waals surface area contributed by atoms with Crippen LogP contribution in [0.25, 0.3) is 11.5 Å². The van der Waals surface area contributed by atoms with Gasteiger partial charge in [0.2, 0.25) is 11.7 Å². The monoisotopic (exact) mass is 488 g/mol. The molecule has 1 atom stereocenters. The standard InChI is InChI=1S/C24H23F3N4O4/c1-2-34-23(33)31-13-12-18(14-31)28-16-8-10-17(11-9-16)29-21(32)19-20(24(25,26)27)35-22(30-19)15-6-4-3-5-7-15/h3-11,18,28H,2,12-14H2,1H3,(H,29,32)/t18-/m0/s1. The molecule has 11 heteroatoms. The van der Waals surface area contributed by atoms with Crippen LogP contribution in [-0.4, -0.2) is 47.6 Å². The van der Waals surface area contributed by atoms with E-state index in [1.807, 2.05) is 0 Å². The number of oxazole rings is 1. The van der Waals surface area contributed by atoms with E-state index < -0.39 is 23.5 Å². The zero-order valence-electron chi connectivity index (χ0n) is 18.8. The third-order valence-corrected chi connectivity index (χ3v) is 5.35. The normalized spacial score (nSPS) is 15.7. The molecule has 0 radical (unpaired) electrons. The van der Waals surface area contributed by atoms with Gasteiger partial charge in [-0.25, -0.2) is 9.78 Å². The minimum absolute atomic E-state index is 0.0285. The van der Waals surface area contributed by atoms with Crippen molar-refractivity contribution in [2.75, 3.05) is 30.3 Å². The third-order valence-electron chi connectivity index (χ3n) is 5.35. The molecule has 2 amide bonds. The Morgan fingerprint density at radius 3 is 2.46 bits per heavy atom. The van der Waals surface area contributed by atoms with Crippen molar-refractivity contribution in [1.82, 2.24) is 9.88 Å². The molecule has 1 fully saturated rings. The molecule has 1 aliphatic heterocycles. The maximum Gasteiger partial charge on any atom is 0.452 e. The minimum Gasteiger partial charge on any atom is -0.450 e. The number of nitrogens with one attached hydrogen (secondary N) is 2. The van der Waals surface area contributed by atoms with E-state index in [1.54, 1.807) is 54.3 Å². The zero-order valence-corrected chi connectivity index (χ0v) is 18.8. The molecule has 35 heavy (non-hydrogen) atoms. The van der Waals surface area contributed by atoms with Crippen LogP contribution in [0.2, 0.25) is 0 Å². The van der Waals surface area contributed by atoms with E-state index in [1.165, 1.54) is 12.1 Å². The number of hydrogen-bond acceptors (Lipinski definition) is 6. The summed E-state index contributed by atoms with van der Waals surface area (Å²) in [6, 6.07) is 14.5. The Bertz CT molecular complexity index is 1180. The number of nitrogens with zero attached hydrogens (tertiary/aromatic N) is 2. The molecule has 0 saturated carbocycles. The van der Waals surface area contributed by atoms with Gasteiger partial charge in [-0.2, -0.15) is 13.2 Å². The van der Waals surface area contributed by atoms with Crippen molar-refractivity contribution in [3.63, 3.8) is 0 Å². The third kappa shape index (κ3) is 5.73. The Balaban J connectivity index is 1.42. The molecular weight excluding hydrogens is 465 g/mol. The summed E-state index contributed by atoms with van der Waals surface area (Å²) in [7, 11) is 0. The number of likely N-dealkylation sites (tertiary alicyclic amines) is 1. The van der Waals surface area contributed by atoms with Crippen LogP contribution in [-0.2, 0) is 10.9 Å². The Morgan fingerprint density at radius 2 is 1.80 bits per heavy atom. The van der Waals surface area contributed by atoms with Gasteiger partial charge >= 0.3 is 12.3 Å². The number of halogens is 3. The predicted molar refractivity (Wildman–Crippen MR) is 122 cm³/mol. The highest BCUT2D eigenvalue weighted by Crippen LogP contribution is 2.35. The minimum atomic E-state index is -4.89. The second-order valence-electron chi connectivity index (χ2n) is 7.87. The highest BCUT2D eigenvalue weighted by Gasteiger charge is 2.42. The van der Waals surface area contributed by atoms with E-state index >= 15 is 0 Å². The fraction of sp³-hybridized carbons (Fsp3) is 0.292. The van der Waals surface area contributed by atoms with E-state index in [4.69, 9.17) is 9.15 Å². The van der Waals surface area contributed by atoms with Crippen molar-refractivity contribution in [2.45, 2.75) is 25.6 Å². The molecule has 1 aliphatic rings. The fourth-order valence-electron chi connectivity index (χ4n) is 3.70. The topological polar surface area (TPSA) is 96.7 Å². The highest BCUT2D eigenvalue weighted by atomic mass is 19.4. The molecule has 1 saturated heterocycles. The number of anilines is 2. The zero-order chi connectivity index (χ0) is 25.0. The summed E-state index contributed by atoms with van der Waals surface area (Å²) >= 11 is 0. The number of hydrogen-bond donors (Lipinski definition) is 2. The van der Waals surface area contributed by atoms with E-state index in [0.717, 1.165) is 12.1 Å². The van der Waals surface area contributed by atoms with Crippen LogP contribution >= 0.6 is 0 Å². The van der Waals surface area contributed by atoms with Crippen molar-refractivity contribution in [3.05, 3.63) is 66.1 Å². The number of aromatic nitrogens is 1. The first-order valence-corrected chi connectivity index (χ1v) is 11.0. The average molecular weight is 488 g/mol. The van der Waals surface area contributed by atoms with Crippen LogP contribution in [0.15, 0.2) is 59.0 Å². The van der Waals surface area contributed by atoms with Crippen molar-refractivity contribution in [1.29, 1.82) is 0 Å². The van der Waals surface area contributed by atoms with E-state index in [0.29, 0.717) is 25.3 Å². The molecule has 184 valence electrons. The molecule has 0 aliphatic carbocycles. The molecule has 1 aromatic heterocycles. The first-order chi connectivity index (χ1) is 16.7. The van der Waals surface area contributed by atoms with Gasteiger partial charge in [0.1, 0.15) is 0 Å². The number of benzene rings is 2. The molecule has 3 aromatic rings. The Kier molecular flexibility index (Phi) is 6.94. The van der Waals surface area contributed by atoms with Crippen molar-refractivity contribution in [2.24, 2.45) is 0 Å². The van der Waals surface area contributed by atoms with Crippen LogP contribution in [0.4, 0.5) is 29.3 Å². The maximum absolute atomic E-state index is 13.5. The van der Waals surface area contributed by atoms with E-state index in [9.17, 15) is 22.8 Å². The van der Waals surface area contributed by atoms with Crippen LogP contribution in [0.3, 0.4) is 0 Å². The van der Waals surface area contributed by atoms with Crippen LogP contribution in [0, 0.1) is 0 Å². The van der Waals surface area contributed by atoms with Gasteiger partial charge in [0.25, 0.3) is 5.91 Å². The Morgan fingerprint density at radius 1 is 1.11 bits per heavy atom. The lowest BCUT2D eigenvalue weighted by Gasteiger charge is -2.17. The first-order valence-electron chi connectivity index (χ1n) is 11.0. The van der Waals surface area contributed by atoms with Crippen LogP contribution < -0.4 is 10.6 Å². The first kappa shape index (κ1) is 24.1. The number of carbonyl (C=O) groups excluding carboxylic acids is 2. The lowest BCUT2D eigenvalue weighted by atomic mass is 10.2. The molecular formula is C24H23F3N4O4. The molecule has 0 spiro atoms. The highest BCUT2D eigenvalue weighted by molar-refractivity contribution is 6.04. The predicted octanol–water partition coefficient (Wildman–Crippen LogP) is 5.26. The molecule has 2 aromatic carbocycles. The lowest BCUT2D eigenvalue weighted by Crippen LogP contribution is -2.32. The van der Waals surface area contributed by atoms with E-state index in [2.05, 4.69) is 15.6 Å². The number of alkyl halides is 3. The maximum atomic E-state index is 13.5. The van der Waals surface area contributed by atoms with Gasteiger partial charge in [-0.15, -0.1) is 0 Å². The van der Waals surface area contributed by atoms with Gasteiger partial charge in [0.15, 0.2) is 5.69 Å². The average Bonchev–Trinajstić information content (AvgIpc) is 3.49. The number of amides is 2. The number of rotatable bonds is 6. The molecule has 8 nitrogen and oxygen atoms in total. The second-order valence-corrected chi connectivity index (χ2v) is 7.87. The molecule has 4 rings (SSSR count). The summed E-state index contributed by atoms with van der Waals surface area (Å²) < 4.78 is 50.4. The Hall–Kier alpha value is -4.02. The summed E-state index contributed by atoms with van der Waals surface area (Å²) in [6.07, 6.45) is -4.50. The number of ether oxygens (including phenoxy) is 1. The quantitative estimate of drug-likeness (QED) is 0.492. The molecule has 2 heterocycles. The van der Waals surface area contributed by atoms with Crippen molar-refractivity contribution >= 4 is 23.4 Å². The summed E-state index contributed by atoms with van der Waals surface area (Å²) in [5.74, 6) is -2.79. The van der Waals surface area contributed by atoms with Crippen molar-refractivity contribution < 1.29 is 31.9 Å². The smallest absolute Gasteiger partial charge is 0.450 e.